The van der Waals surface area contributed by atoms with Gasteiger partial charge in [0.1, 0.15) is 10.4 Å². The maximum Gasteiger partial charge on any atom is 0.228 e. The Morgan fingerprint density at radius 3 is 2.41 bits per heavy atom. The lowest BCUT2D eigenvalue weighted by molar-refractivity contribution is 0.169. The summed E-state index contributed by atoms with van der Waals surface area (Å²) in [4.78, 5) is 13.2. The topological polar surface area (TPSA) is 58.3 Å². The Morgan fingerprint density at radius 2 is 1.88 bits per heavy atom. The maximum atomic E-state index is 5.74. The zero-order valence-electron chi connectivity index (χ0n) is 10.4. The SMILES string of the molecule is CC1CN(c2nc(N)cc(Br)n2)CC(C)N1C. The molecule has 2 atom stereocenters. The molecule has 0 aliphatic carbocycles. The van der Waals surface area contributed by atoms with Crippen molar-refractivity contribution in [3.8, 4) is 0 Å². The van der Waals surface area contributed by atoms with Crippen molar-refractivity contribution >= 4 is 27.7 Å². The molecule has 1 aliphatic rings. The quantitative estimate of drug-likeness (QED) is 0.793. The van der Waals surface area contributed by atoms with Crippen LogP contribution in [0.25, 0.3) is 0 Å². The Bertz CT molecular complexity index is 379. The molecule has 0 amide bonds. The Labute approximate surface area is 110 Å². The second-order valence-corrected chi connectivity index (χ2v) is 5.50. The molecule has 94 valence electrons. The highest BCUT2D eigenvalue weighted by Crippen LogP contribution is 2.21. The van der Waals surface area contributed by atoms with Crippen molar-refractivity contribution in [3.05, 3.63) is 10.7 Å². The monoisotopic (exact) mass is 299 g/mol. The van der Waals surface area contributed by atoms with Crippen LogP contribution in [0, 0.1) is 0 Å². The fourth-order valence-electron chi connectivity index (χ4n) is 2.13. The number of hydrogen-bond acceptors (Lipinski definition) is 5. The average molecular weight is 300 g/mol. The van der Waals surface area contributed by atoms with Gasteiger partial charge in [-0.3, -0.25) is 4.90 Å². The van der Waals surface area contributed by atoms with Gasteiger partial charge >= 0.3 is 0 Å². The average Bonchev–Trinajstić information content (AvgIpc) is 2.23. The molecular formula is C11H18BrN5. The largest absolute Gasteiger partial charge is 0.383 e. The zero-order chi connectivity index (χ0) is 12.6. The van der Waals surface area contributed by atoms with E-state index < -0.39 is 0 Å². The number of nitrogens with two attached hydrogens (primary N) is 1. The highest BCUT2D eigenvalue weighted by atomic mass is 79.9. The van der Waals surface area contributed by atoms with E-state index >= 15 is 0 Å². The second kappa shape index (κ2) is 4.78. The molecule has 1 fully saturated rings. The van der Waals surface area contributed by atoms with Gasteiger partial charge in [0.2, 0.25) is 5.95 Å². The molecule has 6 heteroatoms. The number of nitrogen functional groups attached to an aromatic ring is 1. The van der Waals surface area contributed by atoms with Crippen molar-refractivity contribution in [1.29, 1.82) is 0 Å². The van der Waals surface area contributed by atoms with Gasteiger partial charge in [-0.1, -0.05) is 0 Å². The summed E-state index contributed by atoms with van der Waals surface area (Å²) < 4.78 is 0.735. The van der Waals surface area contributed by atoms with Crippen molar-refractivity contribution in [2.75, 3.05) is 30.8 Å². The number of nitrogens with zero attached hydrogens (tertiary/aromatic N) is 4. The number of likely N-dealkylation sites (N-methyl/N-ethyl adjacent to an activating group) is 1. The highest BCUT2D eigenvalue weighted by Gasteiger charge is 2.28. The summed E-state index contributed by atoms with van der Waals surface area (Å²) >= 11 is 3.35. The third-order valence-corrected chi connectivity index (χ3v) is 3.75. The molecule has 2 rings (SSSR count). The first-order valence-electron chi connectivity index (χ1n) is 5.74. The molecule has 2 N–H and O–H groups in total. The minimum Gasteiger partial charge on any atom is -0.383 e. The van der Waals surface area contributed by atoms with Crippen LogP contribution >= 0.6 is 15.9 Å². The molecule has 0 bridgehead atoms. The molecule has 17 heavy (non-hydrogen) atoms. The summed E-state index contributed by atoms with van der Waals surface area (Å²) in [5.41, 5.74) is 5.74. The van der Waals surface area contributed by atoms with Crippen LogP contribution in [0.3, 0.4) is 0 Å². The summed E-state index contributed by atoms with van der Waals surface area (Å²) in [6.45, 7) is 6.28. The lowest BCUT2D eigenvalue weighted by Crippen LogP contribution is -2.55. The van der Waals surface area contributed by atoms with Crippen molar-refractivity contribution < 1.29 is 0 Å². The van der Waals surface area contributed by atoms with Crippen LogP contribution in [0.4, 0.5) is 11.8 Å². The van der Waals surface area contributed by atoms with Gasteiger partial charge in [-0.05, 0) is 36.8 Å². The number of halogens is 1. The molecule has 5 nitrogen and oxygen atoms in total. The molecule has 2 heterocycles. The third-order valence-electron chi connectivity index (χ3n) is 3.35. The molecule has 0 spiro atoms. The third kappa shape index (κ3) is 2.69. The Morgan fingerprint density at radius 1 is 1.29 bits per heavy atom. The lowest BCUT2D eigenvalue weighted by atomic mass is 10.1. The first-order valence-corrected chi connectivity index (χ1v) is 6.53. The molecule has 1 aromatic rings. The van der Waals surface area contributed by atoms with Gasteiger partial charge in [0.15, 0.2) is 0 Å². The van der Waals surface area contributed by atoms with E-state index in [0.717, 1.165) is 17.7 Å². The van der Waals surface area contributed by atoms with Crippen molar-refractivity contribution in [2.24, 2.45) is 0 Å². The number of aromatic nitrogens is 2. The first kappa shape index (κ1) is 12.6. The van der Waals surface area contributed by atoms with Crippen LogP contribution < -0.4 is 10.6 Å². The van der Waals surface area contributed by atoms with E-state index in [9.17, 15) is 0 Å². The summed E-state index contributed by atoms with van der Waals surface area (Å²) in [5, 5.41) is 0. The van der Waals surface area contributed by atoms with Gasteiger partial charge in [0.25, 0.3) is 0 Å². The molecule has 1 aromatic heterocycles. The van der Waals surface area contributed by atoms with Gasteiger partial charge in [0.05, 0.1) is 0 Å². The zero-order valence-corrected chi connectivity index (χ0v) is 12.0. The van der Waals surface area contributed by atoms with Gasteiger partial charge in [-0.15, -0.1) is 0 Å². The fourth-order valence-corrected chi connectivity index (χ4v) is 2.52. The van der Waals surface area contributed by atoms with E-state index in [0.29, 0.717) is 23.8 Å². The van der Waals surface area contributed by atoms with Gasteiger partial charge in [0, 0.05) is 31.2 Å². The highest BCUT2D eigenvalue weighted by molar-refractivity contribution is 9.10. The number of hydrogen-bond donors (Lipinski definition) is 1. The Hall–Kier alpha value is -0.880. The van der Waals surface area contributed by atoms with Crippen molar-refractivity contribution in [3.63, 3.8) is 0 Å². The van der Waals surface area contributed by atoms with Crippen LogP contribution in [-0.2, 0) is 0 Å². The molecular weight excluding hydrogens is 282 g/mol. The molecule has 1 saturated heterocycles. The van der Waals surface area contributed by atoms with E-state index in [2.05, 4.69) is 56.6 Å². The molecule has 0 saturated carbocycles. The van der Waals surface area contributed by atoms with E-state index in [1.165, 1.54) is 0 Å². The van der Waals surface area contributed by atoms with Gasteiger partial charge in [-0.2, -0.15) is 4.98 Å². The predicted octanol–water partition coefficient (Wildman–Crippen LogP) is 1.35. The Balaban J connectivity index is 2.22. The van der Waals surface area contributed by atoms with Gasteiger partial charge in [-0.25, -0.2) is 4.98 Å². The minimum atomic E-state index is 0.488. The summed E-state index contributed by atoms with van der Waals surface area (Å²) in [6.07, 6.45) is 0. The number of rotatable bonds is 1. The first-order chi connectivity index (χ1) is 7.97. The summed E-state index contributed by atoms with van der Waals surface area (Å²) in [6, 6.07) is 2.69. The van der Waals surface area contributed by atoms with Crippen LogP contribution in [-0.4, -0.2) is 47.1 Å². The standard InChI is InChI=1S/C11H18BrN5/c1-7-5-17(6-8(2)16(7)3)11-14-9(12)4-10(13)15-11/h4,7-8H,5-6H2,1-3H3,(H2,13,14,15). The van der Waals surface area contributed by atoms with E-state index in [4.69, 9.17) is 5.73 Å². The predicted molar refractivity (Wildman–Crippen MR) is 73.0 cm³/mol. The number of anilines is 2. The molecule has 0 radical (unpaired) electrons. The van der Waals surface area contributed by atoms with E-state index in [-0.39, 0.29) is 0 Å². The van der Waals surface area contributed by atoms with Crippen LogP contribution in [0.2, 0.25) is 0 Å². The number of piperazine rings is 1. The van der Waals surface area contributed by atoms with Crippen molar-refractivity contribution in [2.45, 2.75) is 25.9 Å². The van der Waals surface area contributed by atoms with Gasteiger partial charge < -0.3 is 10.6 Å². The summed E-state index contributed by atoms with van der Waals surface area (Å²) in [5.74, 6) is 1.21. The Kier molecular flexibility index (Phi) is 3.53. The smallest absolute Gasteiger partial charge is 0.228 e. The molecule has 0 aromatic carbocycles. The minimum absolute atomic E-state index is 0.488. The van der Waals surface area contributed by atoms with Crippen LogP contribution in [0.15, 0.2) is 10.7 Å². The van der Waals surface area contributed by atoms with E-state index in [1.807, 2.05) is 0 Å². The fraction of sp³-hybridized carbons (Fsp3) is 0.636. The van der Waals surface area contributed by atoms with Crippen molar-refractivity contribution in [1.82, 2.24) is 14.9 Å². The normalized spacial score (nSPS) is 26.2. The molecule has 1 aliphatic heterocycles. The maximum absolute atomic E-state index is 5.74. The lowest BCUT2D eigenvalue weighted by Gasteiger charge is -2.42. The van der Waals surface area contributed by atoms with E-state index in [1.54, 1.807) is 6.07 Å². The van der Waals surface area contributed by atoms with Crippen LogP contribution in [0.5, 0.6) is 0 Å². The van der Waals surface area contributed by atoms with Crippen LogP contribution in [0.1, 0.15) is 13.8 Å². The second-order valence-electron chi connectivity index (χ2n) is 4.68. The summed E-state index contributed by atoms with van der Waals surface area (Å²) in [7, 11) is 2.16. The molecule has 2 unspecified atom stereocenters.